The summed E-state index contributed by atoms with van der Waals surface area (Å²) in [5.74, 6) is 1.35. The number of carbonyl (C=O) groups excluding carboxylic acids is 1. The summed E-state index contributed by atoms with van der Waals surface area (Å²) in [7, 11) is 0. The zero-order chi connectivity index (χ0) is 13.2. The second-order valence-corrected chi connectivity index (χ2v) is 4.50. The number of carbonyl (C=O) groups is 1. The molecular formula is C16H14O3. The Morgan fingerprint density at radius 3 is 2.53 bits per heavy atom. The van der Waals surface area contributed by atoms with E-state index >= 15 is 0 Å². The van der Waals surface area contributed by atoms with E-state index in [0.717, 1.165) is 11.1 Å². The lowest BCUT2D eigenvalue weighted by Crippen LogP contribution is -2.16. The monoisotopic (exact) mass is 254 g/mol. The Kier molecular flexibility index (Phi) is 2.95. The minimum absolute atomic E-state index is 0.00933. The van der Waals surface area contributed by atoms with Gasteiger partial charge in [-0.3, -0.25) is 4.79 Å². The van der Waals surface area contributed by atoms with Gasteiger partial charge in [-0.1, -0.05) is 24.3 Å². The summed E-state index contributed by atoms with van der Waals surface area (Å²) in [4.78, 5) is 12.5. The maximum atomic E-state index is 12.5. The Balaban J connectivity index is 1.98. The van der Waals surface area contributed by atoms with Crippen LogP contribution in [-0.4, -0.2) is 19.0 Å². The molecule has 0 atom stereocenters. The van der Waals surface area contributed by atoms with Crippen molar-refractivity contribution < 1.29 is 14.3 Å². The molecule has 1 aliphatic rings. The molecule has 0 bridgehead atoms. The summed E-state index contributed by atoms with van der Waals surface area (Å²) in [5.41, 5.74) is 2.32. The van der Waals surface area contributed by atoms with E-state index in [1.165, 1.54) is 0 Å². The van der Waals surface area contributed by atoms with Crippen LogP contribution in [0.5, 0.6) is 11.5 Å². The molecule has 3 nitrogen and oxygen atoms in total. The van der Waals surface area contributed by atoms with E-state index < -0.39 is 0 Å². The predicted octanol–water partition coefficient (Wildman–Crippen LogP) is 3.00. The highest BCUT2D eigenvalue weighted by atomic mass is 16.6. The van der Waals surface area contributed by atoms with Gasteiger partial charge in [-0.25, -0.2) is 0 Å². The molecule has 0 N–H and O–H groups in total. The van der Waals surface area contributed by atoms with Gasteiger partial charge in [-0.2, -0.15) is 0 Å². The number of benzene rings is 2. The Bertz CT molecular complexity index is 632. The maximum Gasteiger partial charge on any atom is 0.193 e. The molecule has 1 aliphatic heterocycles. The molecule has 19 heavy (non-hydrogen) atoms. The molecule has 0 saturated carbocycles. The van der Waals surface area contributed by atoms with Crippen LogP contribution < -0.4 is 9.47 Å². The van der Waals surface area contributed by atoms with Gasteiger partial charge in [0, 0.05) is 11.1 Å². The summed E-state index contributed by atoms with van der Waals surface area (Å²) < 4.78 is 11.0. The molecule has 2 aromatic rings. The lowest BCUT2D eigenvalue weighted by molar-refractivity contribution is 0.103. The predicted molar refractivity (Wildman–Crippen MR) is 72.0 cm³/mol. The minimum atomic E-state index is 0.00933. The van der Waals surface area contributed by atoms with Crippen LogP contribution in [0.15, 0.2) is 42.5 Å². The molecule has 0 saturated heterocycles. The second kappa shape index (κ2) is 4.76. The van der Waals surface area contributed by atoms with E-state index in [1.807, 2.05) is 31.2 Å². The van der Waals surface area contributed by atoms with Crippen molar-refractivity contribution in [2.45, 2.75) is 6.92 Å². The van der Waals surface area contributed by atoms with E-state index in [9.17, 15) is 4.79 Å². The fourth-order valence-electron chi connectivity index (χ4n) is 2.17. The van der Waals surface area contributed by atoms with Gasteiger partial charge >= 0.3 is 0 Å². The van der Waals surface area contributed by atoms with Crippen molar-refractivity contribution in [1.82, 2.24) is 0 Å². The van der Waals surface area contributed by atoms with Crippen molar-refractivity contribution in [2.24, 2.45) is 0 Å². The first-order valence-electron chi connectivity index (χ1n) is 6.26. The van der Waals surface area contributed by atoms with E-state index in [-0.39, 0.29) is 5.78 Å². The van der Waals surface area contributed by atoms with Crippen molar-refractivity contribution in [3.05, 3.63) is 59.2 Å². The highest BCUT2D eigenvalue weighted by molar-refractivity contribution is 6.10. The first-order valence-corrected chi connectivity index (χ1v) is 6.26. The quantitative estimate of drug-likeness (QED) is 0.773. The largest absolute Gasteiger partial charge is 0.486 e. The van der Waals surface area contributed by atoms with Crippen LogP contribution in [0.3, 0.4) is 0 Å². The number of ether oxygens (including phenoxy) is 2. The average molecular weight is 254 g/mol. The second-order valence-electron chi connectivity index (χ2n) is 4.50. The van der Waals surface area contributed by atoms with Gasteiger partial charge < -0.3 is 9.47 Å². The molecular weight excluding hydrogens is 240 g/mol. The molecule has 96 valence electrons. The highest BCUT2D eigenvalue weighted by Gasteiger charge is 2.16. The van der Waals surface area contributed by atoms with Gasteiger partial charge in [-0.15, -0.1) is 0 Å². The van der Waals surface area contributed by atoms with Gasteiger partial charge in [0.25, 0.3) is 0 Å². The molecule has 0 amide bonds. The fraction of sp³-hybridized carbons (Fsp3) is 0.188. The molecule has 0 unspecified atom stereocenters. The third-order valence-corrected chi connectivity index (χ3v) is 3.19. The molecule has 0 fully saturated rings. The van der Waals surface area contributed by atoms with Crippen LogP contribution in [-0.2, 0) is 0 Å². The zero-order valence-electron chi connectivity index (χ0n) is 10.7. The Morgan fingerprint density at radius 1 is 1.00 bits per heavy atom. The fourth-order valence-corrected chi connectivity index (χ4v) is 2.17. The smallest absolute Gasteiger partial charge is 0.193 e. The van der Waals surface area contributed by atoms with Crippen molar-refractivity contribution in [1.29, 1.82) is 0 Å². The van der Waals surface area contributed by atoms with Crippen LogP contribution in [0.25, 0.3) is 0 Å². The van der Waals surface area contributed by atoms with Crippen molar-refractivity contribution >= 4 is 5.78 Å². The molecule has 0 aromatic heterocycles. The standard InChI is InChI=1S/C16H14O3/c1-11-4-2-3-5-13(11)16(17)12-6-7-14-15(10-12)19-9-8-18-14/h2-7,10H,8-9H2,1H3. The van der Waals surface area contributed by atoms with Crippen LogP contribution in [0, 0.1) is 6.92 Å². The Labute approximate surface area is 111 Å². The first kappa shape index (κ1) is 11.8. The molecule has 3 heteroatoms. The highest BCUT2D eigenvalue weighted by Crippen LogP contribution is 2.31. The summed E-state index contributed by atoms with van der Waals surface area (Å²) in [6.45, 7) is 3.01. The lowest BCUT2D eigenvalue weighted by atomic mass is 9.99. The van der Waals surface area contributed by atoms with Gasteiger partial charge in [0.05, 0.1) is 0 Å². The zero-order valence-corrected chi connectivity index (χ0v) is 10.7. The van der Waals surface area contributed by atoms with Gasteiger partial charge in [-0.05, 0) is 30.7 Å². The number of aryl methyl sites for hydroxylation is 1. The SMILES string of the molecule is Cc1ccccc1C(=O)c1ccc2c(c1)OCCO2. The maximum absolute atomic E-state index is 12.5. The van der Waals surface area contributed by atoms with Crippen molar-refractivity contribution in [3.63, 3.8) is 0 Å². The van der Waals surface area contributed by atoms with E-state index in [1.54, 1.807) is 18.2 Å². The average Bonchev–Trinajstić information content (AvgIpc) is 2.46. The van der Waals surface area contributed by atoms with Crippen molar-refractivity contribution in [3.8, 4) is 11.5 Å². The first-order chi connectivity index (χ1) is 9.25. The van der Waals surface area contributed by atoms with Crippen LogP contribution in [0.1, 0.15) is 21.5 Å². The third-order valence-electron chi connectivity index (χ3n) is 3.19. The number of hydrogen-bond acceptors (Lipinski definition) is 3. The number of fused-ring (bicyclic) bond motifs is 1. The molecule has 1 heterocycles. The Morgan fingerprint density at radius 2 is 1.74 bits per heavy atom. The Hall–Kier alpha value is -2.29. The number of rotatable bonds is 2. The van der Waals surface area contributed by atoms with E-state index in [0.29, 0.717) is 30.3 Å². The van der Waals surface area contributed by atoms with Gasteiger partial charge in [0.1, 0.15) is 13.2 Å². The lowest BCUT2D eigenvalue weighted by Gasteiger charge is -2.18. The molecule has 0 radical (unpaired) electrons. The van der Waals surface area contributed by atoms with Crippen LogP contribution >= 0.6 is 0 Å². The van der Waals surface area contributed by atoms with Gasteiger partial charge in [0.2, 0.25) is 0 Å². The molecule has 2 aromatic carbocycles. The summed E-state index contributed by atoms with van der Waals surface area (Å²) in [5, 5.41) is 0. The summed E-state index contributed by atoms with van der Waals surface area (Å²) in [6.07, 6.45) is 0. The van der Waals surface area contributed by atoms with Crippen molar-refractivity contribution in [2.75, 3.05) is 13.2 Å². The van der Waals surface area contributed by atoms with Crippen LogP contribution in [0.2, 0.25) is 0 Å². The molecule has 3 rings (SSSR count). The number of hydrogen-bond donors (Lipinski definition) is 0. The number of ketones is 1. The topological polar surface area (TPSA) is 35.5 Å². The summed E-state index contributed by atoms with van der Waals surface area (Å²) >= 11 is 0. The van der Waals surface area contributed by atoms with E-state index in [4.69, 9.17) is 9.47 Å². The summed E-state index contributed by atoms with van der Waals surface area (Å²) in [6, 6.07) is 12.9. The van der Waals surface area contributed by atoms with E-state index in [2.05, 4.69) is 0 Å². The minimum Gasteiger partial charge on any atom is -0.486 e. The molecule has 0 spiro atoms. The van der Waals surface area contributed by atoms with Crippen LogP contribution in [0.4, 0.5) is 0 Å². The normalized spacial score (nSPS) is 13.1. The third kappa shape index (κ3) is 2.19. The van der Waals surface area contributed by atoms with Gasteiger partial charge in [0.15, 0.2) is 17.3 Å². The molecule has 0 aliphatic carbocycles.